The number of methoxy groups -OCH3 is 1. The predicted molar refractivity (Wildman–Crippen MR) is 122 cm³/mol. The number of ether oxygens (including phenoxy) is 1. The Morgan fingerprint density at radius 3 is 2.06 bits per heavy atom. The predicted octanol–water partition coefficient (Wildman–Crippen LogP) is 0.718. The molecule has 1 aromatic carbocycles. The van der Waals surface area contributed by atoms with Crippen molar-refractivity contribution in [3.8, 4) is 17.1 Å². The maximum Gasteiger partial charge on any atom is 0.336 e. The lowest BCUT2D eigenvalue weighted by atomic mass is 9.96. The van der Waals surface area contributed by atoms with Crippen molar-refractivity contribution >= 4 is 17.9 Å². The topological polar surface area (TPSA) is 191 Å². The number of aliphatic carboxylic acids is 3. The van der Waals surface area contributed by atoms with E-state index in [-0.39, 0.29) is 6.61 Å². The largest absolute Gasteiger partial charge is 0.497 e. The second-order valence-electron chi connectivity index (χ2n) is 8.19. The van der Waals surface area contributed by atoms with Gasteiger partial charge in [0.25, 0.3) is 0 Å². The number of hydrogen-bond donors (Lipinski definition) is 5. The highest BCUT2D eigenvalue weighted by molar-refractivity contribution is 5.88. The van der Waals surface area contributed by atoms with Crippen LogP contribution in [-0.4, -0.2) is 90.7 Å². The van der Waals surface area contributed by atoms with E-state index in [1.165, 1.54) is 0 Å². The number of nitrogens with zero attached hydrogens (tertiary/aromatic N) is 3. The van der Waals surface area contributed by atoms with Crippen LogP contribution < -0.4 is 4.74 Å². The van der Waals surface area contributed by atoms with Crippen molar-refractivity contribution in [2.45, 2.75) is 31.4 Å². The third-order valence-electron chi connectivity index (χ3n) is 5.37. The normalized spacial score (nSPS) is 15.7. The van der Waals surface area contributed by atoms with Gasteiger partial charge in [0.15, 0.2) is 11.4 Å². The Hall–Kier alpha value is -3.61. The van der Waals surface area contributed by atoms with Crippen LogP contribution in [0.1, 0.15) is 24.8 Å². The minimum absolute atomic E-state index is 0.281. The van der Waals surface area contributed by atoms with E-state index in [0.717, 1.165) is 48.8 Å². The molecule has 0 bridgehead atoms. The number of rotatable bonds is 10. The van der Waals surface area contributed by atoms with Crippen LogP contribution in [0, 0.1) is 5.92 Å². The quantitative estimate of drug-likeness (QED) is 0.313. The van der Waals surface area contributed by atoms with E-state index >= 15 is 0 Å². The first kappa shape index (κ1) is 27.6. The summed E-state index contributed by atoms with van der Waals surface area (Å²) in [5.74, 6) is -3.05. The van der Waals surface area contributed by atoms with Crippen molar-refractivity contribution in [1.29, 1.82) is 0 Å². The lowest BCUT2D eigenvalue weighted by Gasteiger charge is -2.18. The van der Waals surface area contributed by atoms with Gasteiger partial charge in [-0.3, -0.25) is 14.5 Å². The molecule has 12 nitrogen and oxygen atoms in total. The van der Waals surface area contributed by atoms with Gasteiger partial charge in [0, 0.05) is 43.2 Å². The molecule has 0 aliphatic carbocycles. The summed E-state index contributed by atoms with van der Waals surface area (Å²) in [6.45, 7) is 3.12. The molecule has 0 amide bonds. The minimum Gasteiger partial charge on any atom is -0.497 e. The average Bonchev–Trinajstić information content (AvgIpc) is 3.26. The van der Waals surface area contributed by atoms with E-state index < -0.39 is 36.4 Å². The summed E-state index contributed by atoms with van der Waals surface area (Å²) >= 11 is 0. The molecule has 0 radical (unpaired) electrons. The molecule has 1 aliphatic heterocycles. The molecule has 1 aliphatic rings. The first-order valence-electron chi connectivity index (χ1n) is 10.7. The molecule has 0 spiro atoms. The van der Waals surface area contributed by atoms with Crippen LogP contribution in [-0.2, 0) is 20.9 Å². The Balaban J connectivity index is 0.000000287. The van der Waals surface area contributed by atoms with Crippen LogP contribution >= 0.6 is 0 Å². The van der Waals surface area contributed by atoms with Gasteiger partial charge in [0.1, 0.15) is 5.75 Å². The second-order valence-corrected chi connectivity index (χ2v) is 8.19. The highest BCUT2D eigenvalue weighted by atomic mass is 16.5. The number of carboxylic acids is 3. The molecule has 190 valence electrons. The Kier molecular flexibility index (Phi) is 10.1. The molecule has 1 fully saturated rings. The van der Waals surface area contributed by atoms with E-state index in [9.17, 15) is 19.5 Å². The van der Waals surface area contributed by atoms with Crippen molar-refractivity contribution < 1.29 is 44.7 Å². The highest BCUT2D eigenvalue weighted by Gasteiger charge is 2.40. The second kappa shape index (κ2) is 12.7. The van der Waals surface area contributed by atoms with E-state index in [0.29, 0.717) is 5.92 Å². The summed E-state index contributed by atoms with van der Waals surface area (Å²) in [5.41, 5.74) is -0.651. The lowest BCUT2D eigenvalue weighted by Crippen LogP contribution is -2.42. The Bertz CT molecular complexity index is 980. The molecule has 2 heterocycles. The summed E-state index contributed by atoms with van der Waals surface area (Å²) in [6.07, 6.45) is 2.56. The van der Waals surface area contributed by atoms with Crippen LogP contribution in [0.25, 0.3) is 11.4 Å². The number of likely N-dealkylation sites (tertiary alicyclic amines) is 1. The number of carbonyl (C=O) groups is 3. The number of hydrogen-bond acceptors (Lipinski definition) is 9. The zero-order chi connectivity index (χ0) is 26.0. The molecule has 1 unspecified atom stereocenters. The molecule has 3 rings (SSSR count). The summed E-state index contributed by atoms with van der Waals surface area (Å²) in [6, 6.07) is 7.73. The van der Waals surface area contributed by atoms with Gasteiger partial charge in [-0.15, -0.1) is 0 Å². The third kappa shape index (κ3) is 8.59. The van der Waals surface area contributed by atoms with Crippen LogP contribution in [0.5, 0.6) is 5.75 Å². The van der Waals surface area contributed by atoms with Gasteiger partial charge in [-0.2, -0.15) is 0 Å². The monoisotopic (exact) mass is 491 g/mol. The van der Waals surface area contributed by atoms with E-state index in [1.807, 2.05) is 36.7 Å². The zero-order valence-electron chi connectivity index (χ0n) is 19.2. The third-order valence-corrected chi connectivity index (χ3v) is 5.37. The Morgan fingerprint density at radius 1 is 1.06 bits per heavy atom. The lowest BCUT2D eigenvalue weighted by molar-refractivity contribution is -0.170. The molecule has 0 saturated carbocycles. The standard InChI is InChI=1S/C17H21N3O2.C6H8O7/c1-22-16-4-2-15(3-5-16)17-18-8-14(9-19-17)11-20-7-6-13(10-20)12-21;7-3(8)1-6(13,5(11)12)2-4(9)10/h2-5,8-9,13,21H,6-7,10-12H2,1H3;13H,1-2H2,(H,7,8)(H,9,10)(H,11,12). The fourth-order valence-electron chi connectivity index (χ4n) is 3.50. The first-order valence-corrected chi connectivity index (χ1v) is 10.7. The molecule has 35 heavy (non-hydrogen) atoms. The molecule has 1 atom stereocenters. The van der Waals surface area contributed by atoms with Gasteiger partial charge in [-0.25, -0.2) is 14.8 Å². The van der Waals surface area contributed by atoms with Gasteiger partial charge in [0.05, 0.1) is 20.0 Å². The van der Waals surface area contributed by atoms with Crippen molar-refractivity contribution in [3.63, 3.8) is 0 Å². The molecule has 1 aromatic heterocycles. The van der Waals surface area contributed by atoms with Crippen LogP contribution in [0.3, 0.4) is 0 Å². The number of benzene rings is 1. The van der Waals surface area contributed by atoms with Crippen LogP contribution in [0.15, 0.2) is 36.7 Å². The molecule has 5 N–H and O–H groups in total. The fraction of sp³-hybridized carbons (Fsp3) is 0.435. The Labute approximate surface area is 201 Å². The van der Waals surface area contributed by atoms with Crippen molar-refractivity contribution in [2.24, 2.45) is 5.92 Å². The summed E-state index contributed by atoms with van der Waals surface area (Å²) in [5, 5.41) is 43.0. The number of aliphatic hydroxyl groups is 2. The smallest absolute Gasteiger partial charge is 0.336 e. The van der Waals surface area contributed by atoms with Crippen LogP contribution in [0.4, 0.5) is 0 Å². The van der Waals surface area contributed by atoms with E-state index in [4.69, 9.17) is 25.2 Å². The van der Waals surface area contributed by atoms with Gasteiger partial charge in [-0.1, -0.05) is 0 Å². The summed E-state index contributed by atoms with van der Waals surface area (Å²) in [7, 11) is 1.65. The molecule has 1 saturated heterocycles. The van der Waals surface area contributed by atoms with Gasteiger partial charge >= 0.3 is 17.9 Å². The van der Waals surface area contributed by atoms with Crippen molar-refractivity contribution in [3.05, 3.63) is 42.2 Å². The number of aliphatic hydroxyl groups excluding tert-OH is 1. The van der Waals surface area contributed by atoms with Gasteiger partial charge in [0.2, 0.25) is 0 Å². The van der Waals surface area contributed by atoms with E-state index in [2.05, 4.69) is 14.9 Å². The fourth-order valence-corrected chi connectivity index (χ4v) is 3.50. The average molecular weight is 491 g/mol. The Morgan fingerprint density at radius 2 is 1.63 bits per heavy atom. The first-order chi connectivity index (χ1) is 16.6. The van der Waals surface area contributed by atoms with Crippen LogP contribution in [0.2, 0.25) is 0 Å². The van der Waals surface area contributed by atoms with Gasteiger partial charge in [-0.05, 0) is 43.1 Å². The zero-order valence-corrected chi connectivity index (χ0v) is 19.2. The van der Waals surface area contributed by atoms with Crippen molar-refractivity contribution in [1.82, 2.24) is 14.9 Å². The highest BCUT2D eigenvalue weighted by Crippen LogP contribution is 2.21. The number of carboxylic acid groups (broad SMARTS) is 3. The maximum absolute atomic E-state index is 10.3. The molecular formula is C23H29N3O9. The molecule has 12 heteroatoms. The maximum atomic E-state index is 10.3. The minimum atomic E-state index is -2.74. The summed E-state index contributed by atoms with van der Waals surface area (Å²) < 4.78 is 5.15. The number of aromatic nitrogens is 2. The van der Waals surface area contributed by atoms with Crippen molar-refractivity contribution in [2.75, 3.05) is 26.8 Å². The van der Waals surface area contributed by atoms with Gasteiger partial charge < -0.3 is 30.3 Å². The SMILES string of the molecule is COc1ccc(-c2ncc(CN3CCC(CO)C3)cn2)cc1.O=C(O)CC(O)(CC(=O)O)C(=O)O. The molecule has 2 aromatic rings. The van der Waals surface area contributed by atoms with E-state index in [1.54, 1.807) is 7.11 Å². The molecular weight excluding hydrogens is 462 g/mol. The summed E-state index contributed by atoms with van der Waals surface area (Å²) in [4.78, 5) is 41.7.